The lowest BCUT2D eigenvalue weighted by atomic mass is 10.2. The number of fused-ring (bicyclic) bond motifs is 1. The van der Waals surface area contributed by atoms with Crippen molar-refractivity contribution in [3.63, 3.8) is 0 Å². The van der Waals surface area contributed by atoms with Gasteiger partial charge in [0.2, 0.25) is 10.0 Å². The number of pyridine rings is 1. The Bertz CT molecular complexity index is 1080. The van der Waals surface area contributed by atoms with E-state index in [9.17, 15) is 13.2 Å². The zero-order valence-electron chi connectivity index (χ0n) is 11.5. The molecule has 23 heavy (non-hydrogen) atoms. The summed E-state index contributed by atoms with van der Waals surface area (Å²) in [6.07, 6.45) is 0. The maximum Gasteiger partial charge on any atom is 0.275 e. The fraction of sp³-hybridized carbons (Fsp3) is 0. The molecule has 1 heterocycles. The van der Waals surface area contributed by atoms with E-state index in [1.807, 2.05) is 0 Å². The van der Waals surface area contributed by atoms with Gasteiger partial charge < -0.3 is 0 Å². The van der Waals surface area contributed by atoms with Gasteiger partial charge in [-0.2, -0.15) is 0 Å². The Morgan fingerprint density at radius 1 is 1.04 bits per heavy atom. The van der Waals surface area contributed by atoms with Gasteiger partial charge in [-0.3, -0.25) is 9.36 Å². The van der Waals surface area contributed by atoms with Crippen LogP contribution in [-0.4, -0.2) is 13.0 Å². The normalized spacial score (nSPS) is 11.8. The van der Waals surface area contributed by atoms with Crippen LogP contribution in [0.4, 0.5) is 0 Å². The quantitative estimate of drug-likeness (QED) is 0.701. The van der Waals surface area contributed by atoms with E-state index in [2.05, 4.69) is 15.9 Å². The van der Waals surface area contributed by atoms with Crippen molar-refractivity contribution in [1.82, 2.24) is 4.57 Å². The third kappa shape index (κ3) is 3.05. The van der Waals surface area contributed by atoms with Gasteiger partial charge in [-0.15, -0.1) is 0 Å². The average molecular weight is 414 g/mol. The van der Waals surface area contributed by atoms with E-state index in [1.165, 1.54) is 10.6 Å². The predicted octanol–water partition coefficient (Wildman–Crippen LogP) is 3.05. The molecule has 8 heteroatoms. The first kappa shape index (κ1) is 16.2. The lowest BCUT2D eigenvalue weighted by Gasteiger charge is -2.13. The Morgan fingerprint density at radius 3 is 2.30 bits per heavy atom. The molecule has 5 nitrogen and oxygen atoms in total. The third-order valence-electron chi connectivity index (χ3n) is 3.33. The van der Waals surface area contributed by atoms with Gasteiger partial charge >= 0.3 is 0 Å². The van der Waals surface area contributed by atoms with Crippen LogP contribution in [0.2, 0.25) is 5.02 Å². The second-order valence-electron chi connectivity index (χ2n) is 4.87. The molecule has 2 N–H and O–H groups in total. The molecule has 0 bridgehead atoms. The SMILES string of the molecule is NS(=O)(=O)c1cc2ccc(Cl)cc2n(-c2ccc(Br)cc2)c1=O. The number of sulfonamides is 1. The summed E-state index contributed by atoms with van der Waals surface area (Å²) < 4.78 is 25.6. The summed E-state index contributed by atoms with van der Waals surface area (Å²) in [6, 6.07) is 13.0. The van der Waals surface area contributed by atoms with Gasteiger partial charge in [0.05, 0.1) is 5.52 Å². The Hall–Kier alpha value is -1.67. The number of hydrogen-bond donors (Lipinski definition) is 1. The molecule has 0 unspecified atom stereocenters. The average Bonchev–Trinajstić information content (AvgIpc) is 2.47. The van der Waals surface area contributed by atoms with Crippen molar-refractivity contribution in [2.75, 3.05) is 0 Å². The molecule has 0 amide bonds. The third-order valence-corrected chi connectivity index (χ3v) is 4.99. The molecular formula is C15H10BrClN2O3S. The van der Waals surface area contributed by atoms with Crippen molar-refractivity contribution in [3.8, 4) is 5.69 Å². The number of rotatable bonds is 2. The van der Waals surface area contributed by atoms with E-state index in [-0.39, 0.29) is 0 Å². The molecule has 0 atom stereocenters. The Morgan fingerprint density at radius 2 is 1.70 bits per heavy atom. The maximum absolute atomic E-state index is 12.7. The Kier molecular flexibility index (Phi) is 4.05. The fourth-order valence-corrected chi connectivity index (χ4v) is 3.36. The Labute approximate surface area is 145 Å². The van der Waals surface area contributed by atoms with Gasteiger partial charge in [-0.1, -0.05) is 33.6 Å². The van der Waals surface area contributed by atoms with Crippen LogP contribution >= 0.6 is 27.5 Å². The highest BCUT2D eigenvalue weighted by Gasteiger charge is 2.19. The molecular weight excluding hydrogens is 404 g/mol. The number of aromatic nitrogens is 1. The van der Waals surface area contributed by atoms with Gasteiger partial charge in [0.1, 0.15) is 4.90 Å². The lowest BCUT2D eigenvalue weighted by Crippen LogP contribution is -2.28. The number of nitrogens with two attached hydrogens (primary N) is 1. The minimum absolute atomic E-state index is 0.436. The number of nitrogens with zero attached hydrogens (tertiary/aromatic N) is 1. The maximum atomic E-state index is 12.7. The lowest BCUT2D eigenvalue weighted by molar-refractivity contribution is 0.596. The van der Waals surface area contributed by atoms with Crippen molar-refractivity contribution >= 4 is 48.5 Å². The summed E-state index contributed by atoms with van der Waals surface area (Å²) in [5.74, 6) is 0. The van der Waals surface area contributed by atoms with Crippen LogP contribution in [0.1, 0.15) is 0 Å². The van der Waals surface area contributed by atoms with Crippen LogP contribution < -0.4 is 10.7 Å². The molecule has 0 aliphatic rings. The van der Waals surface area contributed by atoms with Gasteiger partial charge in [0, 0.05) is 20.6 Å². The highest BCUT2D eigenvalue weighted by molar-refractivity contribution is 9.10. The number of halogens is 2. The zero-order valence-corrected chi connectivity index (χ0v) is 14.7. The van der Waals surface area contributed by atoms with Gasteiger partial charge in [0.15, 0.2) is 0 Å². The second-order valence-corrected chi connectivity index (χ2v) is 7.76. The first-order valence-electron chi connectivity index (χ1n) is 6.41. The molecule has 0 saturated carbocycles. The molecule has 0 saturated heterocycles. The minimum Gasteiger partial charge on any atom is -0.276 e. The van der Waals surface area contributed by atoms with E-state index in [0.717, 1.165) is 4.47 Å². The zero-order chi connectivity index (χ0) is 16.8. The van der Waals surface area contributed by atoms with E-state index < -0.39 is 20.5 Å². The van der Waals surface area contributed by atoms with Crippen LogP contribution in [-0.2, 0) is 10.0 Å². The van der Waals surface area contributed by atoms with Gasteiger partial charge in [-0.25, -0.2) is 13.6 Å². The Balaban J connectivity index is 2.51. The van der Waals surface area contributed by atoms with Gasteiger partial charge in [0.25, 0.3) is 5.56 Å². The van der Waals surface area contributed by atoms with E-state index in [4.69, 9.17) is 16.7 Å². The van der Waals surface area contributed by atoms with E-state index in [1.54, 1.807) is 42.5 Å². The molecule has 0 aliphatic heterocycles. The van der Waals surface area contributed by atoms with Crippen LogP contribution in [0.25, 0.3) is 16.6 Å². The minimum atomic E-state index is -4.15. The molecule has 0 aliphatic carbocycles. The topological polar surface area (TPSA) is 82.2 Å². The van der Waals surface area contributed by atoms with Crippen molar-refractivity contribution in [2.45, 2.75) is 4.90 Å². The number of hydrogen-bond acceptors (Lipinski definition) is 3. The highest BCUT2D eigenvalue weighted by atomic mass is 79.9. The van der Waals surface area contributed by atoms with Crippen LogP contribution in [0.5, 0.6) is 0 Å². The smallest absolute Gasteiger partial charge is 0.275 e. The highest BCUT2D eigenvalue weighted by Crippen LogP contribution is 2.23. The van der Waals surface area contributed by atoms with Crippen LogP contribution in [0, 0.1) is 0 Å². The van der Waals surface area contributed by atoms with Crippen molar-refractivity contribution < 1.29 is 8.42 Å². The predicted molar refractivity (Wildman–Crippen MR) is 93.6 cm³/mol. The molecule has 1 aromatic heterocycles. The second kappa shape index (κ2) is 5.76. The van der Waals surface area contributed by atoms with E-state index >= 15 is 0 Å². The van der Waals surface area contributed by atoms with Crippen molar-refractivity contribution in [1.29, 1.82) is 0 Å². The molecule has 3 aromatic rings. The summed E-state index contributed by atoms with van der Waals surface area (Å²) in [6.45, 7) is 0. The fourth-order valence-electron chi connectivity index (χ4n) is 2.31. The number of benzene rings is 2. The summed E-state index contributed by atoms with van der Waals surface area (Å²) in [5, 5.41) is 6.15. The molecule has 3 rings (SSSR count). The standard InChI is InChI=1S/C15H10BrClN2O3S/c16-10-2-5-12(6-3-10)19-13-8-11(17)4-1-9(13)7-14(15(19)20)23(18,21)22/h1-8H,(H2,18,21,22). The van der Waals surface area contributed by atoms with Crippen LogP contribution in [0.15, 0.2) is 62.7 Å². The first-order valence-corrected chi connectivity index (χ1v) is 9.13. The van der Waals surface area contributed by atoms with Crippen LogP contribution in [0.3, 0.4) is 0 Å². The largest absolute Gasteiger partial charge is 0.276 e. The molecule has 2 aromatic carbocycles. The monoisotopic (exact) mass is 412 g/mol. The summed E-state index contributed by atoms with van der Waals surface area (Å²) in [5.41, 5.74) is 0.290. The molecule has 0 fully saturated rings. The molecule has 118 valence electrons. The molecule has 0 spiro atoms. The molecule has 0 radical (unpaired) electrons. The first-order chi connectivity index (χ1) is 10.8. The number of primary sulfonamides is 1. The summed E-state index contributed by atoms with van der Waals surface area (Å²) in [7, 11) is -4.15. The van der Waals surface area contributed by atoms with E-state index in [0.29, 0.717) is 21.6 Å². The van der Waals surface area contributed by atoms with Gasteiger partial charge in [-0.05, 0) is 42.5 Å². The summed E-state index contributed by atoms with van der Waals surface area (Å²) >= 11 is 9.34. The van der Waals surface area contributed by atoms with Crippen molar-refractivity contribution in [3.05, 3.63) is 68.4 Å². The van der Waals surface area contributed by atoms with Crippen molar-refractivity contribution in [2.24, 2.45) is 5.14 Å². The summed E-state index contributed by atoms with van der Waals surface area (Å²) in [4.78, 5) is 12.2.